The summed E-state index contributed by atoms with van der Waals surface area (Å²) in [5.74, 6) is -0.330. The Kier molecular flexibility index (Phi) is 3.00. The molecule has 1 saturated heterocycles. The standard InChI is InChI=1S/C15H17FN2O2/c1-15(11-5-6-11)14(20)17-8-13(19)18(15)9-10-3-2-4-12(16)7-10/h2-4,7,11H,5-6,8-9H2,1H3,(H,17,20). The van der Waals surface area contributed by atoms with Crippen LogP contribution in [0.4, 0.5) is 4.39 Å². The molecule has 1 aromatic carbocycles. The van der Waals surface area contributed by atoms with Crippen molar-refractivity contribution < 1.29 is 14.0 Å². The Morgan fingerprint density at radius 2 is 2.15 bits per heavy atom. The minimum absolute atomic E-state index is 0.0243. The summed E-state index contributed by atoms with van der Waals surface area (Å²) in [5.41, 5.74) is -0.0957. The van der Waals surface area contributed by atoms with Crippen LogP contribution in [0, 0.1) is 11.7 Å². The first kappa shape index (κ1) is 13.1. The molecule has 0 bridgehead atoms. The molecule has 1 N–H and O–H groups in total. The Morgan fingerprint density at radius 3 is 2.80 bits per heavy atom. The molecule has 2 amide bonds. The highest BCUT2D eigenvalue weighted by Gasteiger charge is 2.54. The van der Waals surface area contributed by atoms with Gasteiger partial charge in [-0.05, 0) is 43.4 Å². The van der Waals surface area contributed by atoms with E-state index in [0.717, 1.165) is 12.8 Å². The molecule has 4 nitrogen and oxygen atoms in total. The van der Waals surface area contributed by atoms with E-state index in [1.807, 2.05) is 6.92 Å². The Hall–Kier alpha value is -1.91. The minimum Gasteiger partial charge on any atom is -0.345 e. The zero-order chi connectivity index (χ0) is 14.3. The van der Waals surface area contributed by atoms with Crippen LogP contribution in [0.5, 0.6) is 0 Å². The fraction of sp³-hybridized carbons (Fsp3) is 0.467. The predicted molar refractivity (Wildman–Crippen MR) is 71.1 cm³/mol. The lowest BCUT2D eigenvalue weighted by Crippen LogP contribution is -2.66. The molecule has 1 aliphatic carbocycles. The van der Waals surface area contributed by atoms with Crippen molar-refractivity contribution in [1.82, 2.24) is 10.2 Å². The van der Waals surface area contributed by atoms with E-state index in [4.69, 9.17) is 0 Å². The highest BCUT2D eigenvalue weighted by atomic mass is 19.1. The average Bonchev–Trinajstić information content (AvgIpc) is 3.24. The molecule has 1 unspecified atom stereocenters. The van der Waals surface area contributed by atoms with E-state index in [9.17, 15) is 14.0 Å². The molecule has 0 radical (unpaired) electrons. The van der Waals surface area contributed by atoms with Crippen molar-refractivity contribution >= 4 is 11.8 Å². The van der Waals surface area contributed by atoms with Gasteiger partial charge in [0.25, 0.3) is 0 Å². The lowest BCUT2D eigenvalue weighted by molar-refractivity contribution is -0.155. The summed E-state index contributed by atoms with van der Waals surface area (Å²) in [6, 6.07) is 6.17. The first-order valence-corrected chi connectivity index (χ1v) is 6.85. The quantitative estimate of drug-likeness (QED) is 0.908. The average molecular weight is 276 g/mol. The lowest BCUT2D eigenvalue weighted by Gasteiger charge is -2.44. The van der Waals surface area contributed by atoms with Gasteiger partial charge in [0.15, 0.2) is 0 Å². The lowest BCUT2D eigenvalue weighted by atomic mass is 9.89. The summed E-state index contributed by atoms with van der Waals surface area (Å²) in [6.07, 6.45) is 1.91. The summed E-state index contributed by atoms with van der Waals surface area (Å²) in [5, 5.41) is 2.67. The largest absolute Gasteiger partial charge is 0.345 e. The van der Waals surface area contributed by atoms with Gasteiger partial charge in [0.2, 0.25) is 11.8 Å². The minimum atomic E-state index is -0.804. The molecule has 1 atom stereocenters. The normalized spacial score (nSPS) is 26.6. The van der Waals surface area contributed by atoms with Gasteiger partial charge in [0.1, 0.15) is 11.4 Å². The number of piperazine rings is 1. The van der Waals surface area contributed by atoms with E-state index in [0.29, 0.717) is 5.56 Å². The van der Waals surface area contributed by atoms with Crippen LogP contribution in [0.1, 0.15) is 25.3 Å². The molecule has 2 aliphatic rings. The number of nitrogens with one attached hydrogen (secondary N) is 1. The van der Waals surface area contributed by atoms with Crippen molar-refractivity contribution in [3.63, 3.8) is 0 Å². The summed E-state index contributed by atoms with van der Waals surface area (Å²) < 4.78 is 13.3. The third-order valence-corrected chi connectivity index (χ3v) is 4.32. The molecule has 2 fully saturated rings. The molecule has 3 rings (SSSR count). The second kappa shape index (κ2) is 4.58. The highest BCUT2D eigenvalue weighted by molar-refractivity contribution is 5.98. The van der Waals surface area contributed by atoms with Gasteiger partial charge in [-0.25, -0.2) is 4.39 Å². The van der Waals surface area contributed by atoms with Crippen molar-refractivity contribution in [2.45, 2.75) is 31.8 Å². The zero-order valence-electron chi connectivity index (χ0n) is 11.4. The van der Waals surface area contributed by atoms with E-state index < -0.39 is 5.54 Å². The highest BCUT2D eigenvalue weighted by Crippen LogP contribution is 2.44. The van der Waals surface area contributed by atoms with Crippen LogP contribution >= 0.6 is 0 Å². The summed E-state index contributed by atoms with van der Waals surface area (Å²) in [4.78, 5) is 26.0. The number of benzene rings is 1. The summed E-state index contributed by atoms with van der Waals surface area (Å²) in [7, 11) is 0. The maximum Gasteiger partial charge on any atom is 0.246 e. The Bertz CT molecular complexity index is 571. The van der Waals surface area contributed by atoms with Gasteiger partial charge in [-0.3, -0.25) is 9.59 Å². The van der Waals surface area contributed by atoms with Crippen molar-refractivity contribution in [2.75, 3.05) is 6.54 Å². The molecular formula is C15H17FN2O2. The molecule has 1 aromatic rings. The van der Waals surface area contributed by atoms with Gasteiger partial charge in [0.05, 0.1) is 6.54 Å². The number of nitrogens with zero attached hydrogens (tertiary/aromatic N) is 1. The van der Waals surface area contributed by atoms with E-state index in [1.54, 1.807) is 17.0 Å². The molecular weight excluding hydrogens is 259 g/mol. The molecule has 1 saturated carbocycles. The smallest absolute Gasteiger partial charge is 0.246 e. The summed E-state index contributed by atoms with van der Waals surface area (Å²) >= 11 is 0. The van der Waals surface area contributed by atoms with Crippen molar-refractivity contribution in [1.29, 1.82) is 0 Å². The Labute approximate surface area is 117 Å². The van der Waals surface area contributed by atoms with E-state index in [-0.39, 0.29) is 36.6 Å². The topological polar surface area (TPSA) is 49.4 Å². The maximum atomic E-state index is 13.3. The number of hydrogen-bond donors (Lipinski definition) is 1. The maximum absolute atomic E-state index is 13.3. The molecule has 1 heterocycles. The van der Waals surface area contributed by atoms with Gasteiger partial charge in [-0.1, -0.05) is 12.1 Å². The number of amides is 2. The van der Waals surface area contributed by atoms with E-state index >= 15 is 0 Å². The number of carbonyl (C=O) groups is 2. The molecule has 106 valence electrons. The van der Waals surface area contributed by atoms with Gasteiger partial charge in [-0.15, -0.1) is 0 Å². The van der Waals surface area contributed by atoms with Crippen LogP contribution < -0.4 is 5.32 Å². The second-order valence-corrected chi connectivity index (χ2v) is 5.71. The fourth-order valence-corrected chi connectivity index (χ4v) is 2.93. The molecule has 1 aliphatic heterocycles. The third-order valence-electron chi connectivity index (χ3n) is 4.32. The van der Waals surface area contributed by atoms with Crippen LogP contribution in [0.25, 0.3) is 0 Å². The number of halogens is 1. The van der Waals surface area contributed by atoms with Crippen LogP contribution in [0.3, 0.4) is 0 Å². The van der Waals surface area contributed by atoms with Crippen LogP contribution in [0.2, 0.25) is 0 Å². The van der Waals surface area contributed by atoms with Crippen LogP contribution in [-0.4, -0.2) is 28.8 Å². The Morgan fingerprint density at radius 1 is 1.40 bits per heavy atom. The molecule has 20 heavy (non-hydrogen) atoms. The predicted octanol–water partition coefficient (Wildman–Crippen LogP) is 1.45. The van der Waals surface area contributed by atoms with Crippen LogP contribution in [0.15, 0.2) is 24.3 Å². The van der Waals surface area contributed by atoms with E-state index in [1.165, 1.54) is 12.1 Å². The second-order valence-electron chi connectivity index (χ2n) is 5.71. The van der Waals surface area contributed by atoms with Crippen LogP contribution in [-0.2, 0) is 16.1 Å². The monoisotopic (exact) mass is 276 g/mol. The van der Waals surface area contributed by atoms with Crippen molar-refractivity contribution in [3.8, 4) is 0 Å². The number of hydrogen-bond acceptors (Lipinski definition) is 2. The SMILES string of the molecule is CC1(C2CC2)C(=O)NCC(=O)N1Cc1cccc(F)c1. The third kappa shape index (κ3) is 2.07. The Balaban J connectivity index is 1.91. The van der Waals surface area contributed by atoms with Crippen molar-refractivity contribution in [2.24, 2.45) is 5.92 Å². The molecule has 5 heteroatoms. The van der Waals surface area contributed by atoms with Crippen molar-refractivity contribution in [3.05, 3.63) is 35.6 Å². The molecule has 0 aromatic heterocycles. The van der Waals surface area contributed by atoms with E-state index in [2.05, 4.69) is 5.32 Å². The van der Waals surface area contributed by atoms with Gasteiger partial charge < -0.3 is 10.2 Å². The first-order chi connectivity index (χ1) is 9.51. The van der Waals surface area contributed by atoms with Gasteiger partial charge >= 0.3 is 0 Å². The first-order valence-electron chi connectivity index (χ1n) is 6.85. The zero-order valence-corrected chi connectivity index (χ0v) is 11.4. The molecule has 0 spiro atoms. The van der Waals surface area contributed by atoms with Gasteiger partial charge in [0, 0.05) is 6.54 Å². The van der Waals surface area contributed by atoms with Gasteiger partial charge in [-0.2, -0.15) is 0 Å². The number of carbonyl (C=O) groups excluding carboxylic acids is 2. The number of rotatable bonds is 3. The fourth-order valence-electron chi connectivity index (χ4n) is 2.93. The summed E-state index contributed by atoms with van der Waals surface area (Å²) in [6.45, 7) is 2.11.